The molecule has 2 saturated heterocycles. The lowest BCUT2D eigenvalue weighted by Crippen LogP contribution is -2.53. The molecule has 9 nitrogen and oxygen atoms in total. The van der Waals surface area contributed by atoms with Crippen molar-refractivity contribution in [3.63, 3.8) is 0 Å². The summed E-state index contributed by atoms with van der Waals surface area (Å²) in [5.74, 6) is -0.911. The van der Waals surface area contributed by atoms with E-state index in [4.69, 9.17) is 5.10 Å². The van der Waals surface area contributed by atoms with E-state index in [0.717, 1.165) is 60.1 Å². The lowest BCUT2D eigenvalue weighted by Gasteiger charge is -2.34. The molecular formula is C30H32N6O3. The normalized spacial score (nSPS) is 20.5. The summed E-state index contributed by atoms with van der Waals surface area (Å²) >= 11 is 0. The van der Waals surface area contributed by atoms with Gasteiger partial charge in [0.25, 0.3) is 5.91 Å². The minimum atomic E-state index is -0.688. The van der Waals surface area contributed by atoms with E-state index in [2.05, 4.69) is 27.2 Å². The molecule has 200 valence electrons. The predicted molar refractivity (Wildman–Crippen MR) is 146 cm³/mol. The Morgan fingerprint density at radius 2 is 1.90 bits per heavy atom. The van der Waals surface area contributed by atoms with Crippen molar-refractivity contribution in [2.75, 3.05) is 24.5 Å². The maximum Gasteiger partial charge on any atom is 0.259 e. The van der Waals surface area contributed by atoms with Crippen LogP contribution < -0.4 is 10.2 Å². The highest BCUT2D eigenvalue weighted by molar-refractivity contribution is 6.27. The lowest BCUT2D eigenvalue weighted by atomic mass is 9.93. The van der Waals surface area contributed by atoms with Gasteiger partial charge in [-0.1, -0.05) is 18.2 Å². The van der Waals surface area contributed by atoms with Crippen molar-refractivity contribution in [2.24, 2.45) is 5.41 Å². The molecule has 0 spiro atoms. The number of nitriles is 1. The maximum atomic E-state index is 13.4. The first-order chi connectivity index (χ1) is 18.7. The Labute approximate surface area is 227 Å². The Morgan fingerprint density at radius 1 is 1.10 bits per heavy atom. The van der Waals surface area contributed by atoms with E-state index < -0.39 is 11.9 Å². The van der Waals surface area contributed by atoms with Crippen LogP contribution in [0, 0.1) is 16.7 Å². The Hall–Kier alpha value is -4.03. The Balaban J connectivity index is 1.20. The number of hydrogen-bond acceptors (Lipinski definition) is 6. The molecule has 1 N–H and O–H groups in total. The van der Waals surface area contributed by atoms with Gasteiger partial charge in [0.15, 0.2) is 0 Å². The third-order valence-electron chi connectivity index (χ3n) is 8.24. The van der Waals surface area contributed by atoms with Crippen LogP contribution in [-0.4, -0.2) is 58.1 Å². The fourth-order valence-electron chi connectivity index (χ4n) is 6.28. The van der Waals surface area contributed by atoms with Crippen LogP contribution in [0.2, 0.25) is 0 Å². The summed E-state index contributed by atoms with van der Waals surface area (Å²) in [5.41, 5.74) is 3.19. The number of nitrogens with zero attached hydrogens (tertiary/aromatic N) is 5. The van der Waals surface area contributed by atoms with Gasteiger partial charge < -0.3 is 4.90 Å². The van der Waals surface area contributed by atoms with Crippen molar-refractivity contribution in [3.8, 4) is 6.07 Å². The standard InChI is InChI=1S/C30H32N6O3/c1-30(2,17-31)18-34-12-10-21(11-13-34)35-16-19(15-32-35)14-20-6-7-24-27-22(20)4-3-5-23(27)29(39)36(24)25-8-9-26(37)33-28(25)38/h3-7,15-16,21,25H,8-14,18H2,1-2H3,(H,33,37,38). The number of carbonyl (C=O) groups is 3. The van der Waals surface area contributed by atoms with Gasteiger partial charge in [0.1, 0.15) is 6.04 Å². The fraction of sp³-hybridized carbons (Fsp3) is 0.433. The summed E-state index contributed by atoms with van der Waals surface area (Å²) < 4.78 is 2.08. The zero-order valence-corrected chi connectivity index (χ0v) is 22.3. The van der Waals surface area contributed by atoms with Gasteiger partial charge in [-0.2, -0.15) is 10.4 Å². The number of benzene rings is 2. The quantitative estimate of drug-likeness (QED) is 0.494. The maximum absolute atomic E-state index is 13.4. The summed E-state index contributed by atoms with van der Waals surface area (Å²) in [6.45, 7) is 6.67. The molecular weight excluding hydrogens is 492 g/mol. The van der Waals surface area contributed by atoms with Gasteiger partial charge >= 0.3 is 0 Å². The van der Waals surface area contributed by atoms with E-state index in [9.17, 15) is 19.6 Å². The molecule has 3 amide bonds. The van der Waals surface area contributed by atoms with Crippen molar-refractivity contribution in [1.82, 2.24) is 20.0 Å². The molecule has 39 heavy (non-hydrogen) atoms. The summed E-state index contributed by atoms with van der Waals surface area (Å²) in [7, 11) is 0. The number of anilines is 1. The molecule has 3 aromatic rings. The van der Waals surface area contributed by atoms with Crippen molar-refractivity contribution >= 4 is 34.2 Å². The number of imide groups is 1. The third kappa shape index (κ3) is 4.59. The fourth-order valence-corrected chi connectivity index (χ4v) is 6.28. The van der Waals surface area contributed by atoms with Crippen LogP contribution in [0.5, 0.6) is 0 Å². The second-order valence-corrected chi connectivity index (χ2v) is 11.6. The second kappa shape index (κ2) is 9.62. The van der Waals surface area contributed by atoms with Gasteiger partial charge in [-0.15, -0.1) is 0 Å². The molecule has 0 bridgehead atoms. The monoisotopic (exact) mass is 524 g/mol. The van der Waals surface area contributed by atoms with E-state index in [0.29, 0.717) is 24.4 Å². The van der Waals surface area contributed by atoms with E-state index in [1.807, 2.05) is 50.4 Å². The second-order valence-electron chi connectivity index (χ2n) is 11.6. The van der Waals surface area contributed by atoms with E-state index in [1.165, 1.54) is 0 Å². The molecule has 0 saturated carbocycles. The Morgan fingerprint density at radius 3 is 2.64 bits per heavy atom. The number of aromatic nitrogens is 2. The molecule has 9 heteroatoms. The van der Waals surface area contributed by atoms with Crippen LogP contribution in [-0.2, 0) is 16.0 Å². The number of rotatable bonds is 6. The highest BCUT2D eigenvalue weighted by atomic mass is 16.2. The number of nitrogens with one attached hydrogen (secondary N) is 1. The molecule has 6 rings (SSSR count). The zero-order chi connectivity index (χ0) is 27.3. The third-order valence-corrected chi connectivity index (χ3v) is 8.24. The van der Waals surface area contributed by atoms with Crippen molar-refractivity contribution < 1.29 is 14.4 Å². The first-order valence-corrected chi connectivity index (χ1v) is 13.6. The molecule has 1 atom stereocenters. The van der Waals surface area contributed by atoms with E-state index in [1.54, 1.807) is 4.90 Å². The minimum absolute atomic E-state index is 0.195. The molecule has 0 aliphatic carbocycles. The van der Waals surface area contributed by atoms with Gasteiger partial charge in [-0.3, -0.25) is 29.3 Å². The number of hydrogen-bond donors (Lipinski definition) is 1. The van der Waals surface area contributed by atoms with Gasteiger partial charge in [0.2, 0.25) is 11.8 Å². The lowest BCUT2D eigenvalue weighted by molar-refractivity contribution is -0.134. The zero-order valence-electron chi connectivity index (χ0n) is 22.3. The summed E-state index contributed by atoms with van der Waals surface area (Å²) in [4.78, 5) is 41.6. The number of likely N-dealkylation sites (tertiary alicyclic amines) is 1. The summed E-state index contributed by atoms with van der Waals surface area (Å²) in [5, 5.41) is 18.3. The molecule has 3 aliphatic heterocycles. The molecule has 1 unspecified atom stereocenters. The molecule has 1 aromatic heterocycles. The van der Waals surface area contributed by atoms with Crippen LogP contribution >= 0.6 is 0 Å². The smallest absolute Gasteiger partial charge is 0.259 e. The average molecular weight is 525 g/mol. The number of amides is 3. The summed E-state index contributed by atoms with van der Waals surface area (Å²) in [6, 6.07) is 11.7. The molecule has 2 aromatic carbocycles. The first-order valence-electron chi connectivity index (χ1n) is 13.6. The topological polar surface area (TPSA) is 111 Å². The summed E-state index contributed by atoms with van der Waals surface area (Å²) in [6.07, 6.45) is 7.28. The predicted octanol–water partition coefficient (Wildman–Crippen LogP) is 3.58. The number of carbonyl (C=O) groups excluding carboxylic acids is 3. The van der Waals surface area contributed by atoms with Crippen LogP contribution in [0.15, 0.2) is 42.7 Å². The molecule has 3 aliphatic rings. The van der Waals surface area contributed by atoms with Crippen LogP contribution in [0.4, 0.5) is 5.69 Å². The average Bonchev–Trinajstić information content (AvgIpc) is 3.50. The van der Waals surface area contributed by atoms with Gasteiger partial charge in [0, 0.05) is 49.6 Å². The number of piperidine rings is 2. The van der Waals surface area contributed by atoms with E-state index >= 15 is 0 Å². The minimum Gasteiger partial charge on any atom is -0.302 e. The van der Waals surface area contributed by atoms with Crippen LogP contribution in [0.1, 0.15) is 67.1 Å². The van der Waals surface area contributed by atoms with Crippen molar-refractivity contribution in [1.29, 1.82) is 5.26 Å². The molecule has 2 fully saturated rings. The molecule has 4 heterocycles. The Kier molecular flexibility index (Phi) is 6.23. The van der Waals surface area contributed by atoms with Gasteiger partial charge in [-0.05, 0) is 61.8 Å². The van der Waals surface area contributed by atoms with Gasteiger partial charge in [-0.25, -0.2) is 0 Å². The van der Waals surface area contributed by atoms with Crippen LogP contribution in [0.25, 0.3) is 10.8 Å². The van der Waals surface area contributed by atoms with E-state index in [-0.39, 0.29) is 23.7 Å². The molecule has 0 radical (unpaired) electrons. The van der Waals surface area contributed by atoms with Crippen molar-refractivity contribution in [2.45, 2.75) is 58.0 Å². The van der Waals surface area contributed by atoms with Crippen molar-refractivity contribution in [3.05, 3.63) is 59.4 Å². The van der Waals surface area contributed by atoms with Crippen LogP contribution in [0.3, 0.4) is 0 Å². The first kappa shape index (κ1) is 25.3. The largest absolute Gasteiger partial charge is 0.302 e. The SMILES string of the molecule is CC(C)(C#N)CN1CCC(n2cc(Cc3ccc4c5c(cccc35)C(=O)N4C3CCC(=O)NC3=O)cn2)CC1. The van der Waals surface area contributed by atoms with Gasteiger partial charge in [0.05, 0.1) is 29.4 Å². The Bertz CT molecular complexity index is 1530. The highest BCUT2D eigenvalue weighted by Crippen LogP contribution is 2.41. The highest BCUT2D eigenvalue weighted by Gasteiger charge is 2.40.